The largest absolute Gasteiger partial charge is 0.350 e. The Kier molecular flexibility index (Phi) is 6.58. The Morgan fingerprint density at radius 1 is 1.18 bits per heavy atom. The Morgan fingerprint density at radius 2 is 2.00 bits per heavy atom. The zero-order chi connectivity index (χ0) is 28.2. The molecule has 9 nitrogen and oxygen atoms in total. The molecule has 2 atom stereocenters. The lowest BCUT2D eigenvalue weighted by Gasteiger charge is -2.41. The van der Waals surface area contributed by atoms with E-state index in [1.807, 2.05) is 48.2 Å². The Bertz CT molecular complexity index is 1670. The molecule has 3 aromatic rings. The molecule has 2 aromatic heterocycles. The number of benzene rings is 1. The fraction of sp³-hybridized carbons (Fsp3) is 0.433. The Hall–Kier alpha value is -3.50. The number of piperazine rings is 1. The van der Waals surface area contributed by atoms with Crippen LogP contribution in [0, 0.1) is 0 Å². The molecule has 0 bridgehead atoms. The molecule has 1 N–H and O–H groups in total. The summed E-state index contributed by atoms with van der Waals surface area (Å²) in [6.07, 6.45) is 8.48. The van der Waals surface area contributed by atoms with Crippen LogP contribution in [-0.2, 0) is 27.8 Å². The van der Waals surface area contributed by atoms with E-state index in [9.17, 15) is 13.2 Å². The summed E-state index contributed by atoms with van der Waals surface area (Å²) >= 11 is 0. The predicted molar refractivity (Wildman–Crippen MR) is 158 cm³/mol. The van der Waals surface area contributed by atoms with Crippen molar-refractivity contribution in [3.8, 4) is 11.4 Å². The molecule has 10 heteroatoms. The number of carbonyl (C=O) groups excluding carboxylic acids is 1. The topological polar surface area (TPSA) is 100 Å². The molecule has 1 aliphatic carbocycles. The summed E-state index contributed by atoms with van der Waals surface area (Å²) in [6.45, 7) is 11.0. The van der Waals surface area contributed by atoms with Gasteiger partial charge in [0.2, 0.25) is 15.9 Å². The number of allylic oxidation sites excluding steroid dienone is 3. The van der Waals surface area contributed by atoms with Crippen molar-refractivity contribution in [3.63, 3.8) is 0 Å². The first-order valence-electron chi connectivity index (χ1n) is 13.9. The second-order valence-corrected chi connectivity index (χ2v) is 13.7. The lowest BCUT2D eigenvalue weighted by Crippen LogP contribution is -2.54. The van der Waals surface area contributed by atoms with E-state index in [-0.39, 0.29) is 11.9 Å². The van der Waals surface area contributed by atoms with Crippen molar-refractivity contribution in [1.82, 2.24) is 24.2 Å². The molecule has 0 spiro atoms. The molecule has 1 unspecified atom stereocenters. The van der Waals surface area contributed by atoms with E-state index >= 15 is 0 Å². The van der Waals surface area contributed by atoms with Gasteiger partial charge in [0, 0.05) is 74.8 Å². The lowest BCUT2D eigenvalue weighted by molar-refractivity contribution is -0.129. The summed E-state index contributed by atoms with van der Waals surface area (Å²) in [4.78, 5) is 26.3. The van der Waals surface area contributed by atoms with Crippen LogP contribution in [0.2, 0.25) is 0 Å². The minimum absolute atomic E-state index is 0.0912. The summed E-state index contributed by atoms with van der Waals surface area (Å²) in [5.74, 6) is 1.59. The van der Waals surface area contributed by atoms with Crippen LogP contribution in [0.4, 0.5) is 5.82 Å². The van der Waals surface area contributed by atoms with E-state index in [4.69, 9.17) is 9.97 Å². The van der Waals surface area contributed by atoms with Gasteiger partial charge in [-0.1, -0.05) is 35.9 Å². The van der Waals surface area contributed by atoms with Gasteiger partial charge in [0.15, 0.2) is 5.82 Å². The number of carbonyl (C=O) groups is 1. The van der Waals surface area contributed by atoms with Gasteiger partial charge in [-0.2, -0.15) is 0 Å². The Morgan fingerprint density at radius 3 is 2.75 bits per heavy atom. The Labute approximate surface area is 235 Å². The minimum atomic E-state index is -3.74. The summed E-state index contributed by atoms with van der Waals surface area (Å²) in [5, 5.41) is 4.26. The molecule has 6 rings (SSSR count). The number of hydrogen-bond acceptors (Lipinski definition) is 7. The van der Waals surface area contributed by atoms with E-state index in [1.54, 1.807) is 26.1 Å². The third kappa shape index (κ3) is 4.34. The van der Waals surface area contributed by atoms with Gasteiger partial charge >= 0.3 is 0 Å². The average Bonchev–Trinajstić information content (AvgIpc) is 3.37. The summed E-state index contributed by atoms with van der Waals surface area (Å²) in [5.41, 5.74) is 4.59. The first-order chi connectivity index (χ1) is 19.1. The maximum atomic E-state index is 14.0. The monoisotopic (exact) mass is 560 g/mol. The van der Waals surface area contributed by atoms with Crippen LogP contribution < -0.4 is 10.2 Å². The lowest BCUT2D eigenvalue weighted by atomic mass is 9.96. The van der Waals surface area contributed by atoms with Crippen molar-refractivity contribution >= 4 is 32.7 Å². The van der Waals surface area contributed by atoms with Crippen molar-refractivity contribution in [3.05, 3.63) is 65.5 Å². The van der Waals surface area contributed by atoms with E-state index in [2.05, 4.69) is 17.1 Å². The summed E-state index contributed by atoms with van der Waals surface area (Å²) in [7, 11) is -3.74. The van der Waals surface area contributed by atoms with Crippen molar-refractivity contribution in [1.29, 1.82) is 0 Å². The number of hydrogen-bond donors (Lipinski definition) is 1. The van der Waals surface area contributed by atoms with E-state index in [0.29, 0.717) is 43.9 Å². The zero-order valence-electron chi connectivity index (χ0n) is 23.5. The van der Waals surface area contributed by atoms with Crippen molar-refractivity contribution in [2.75, 3.05) is 31.1 Å². The maximum Gasteiger partial charge on any atom is 0.248 e. The van der Waals surface area contributed by atoms with Gasteiger partial charge in [-0.15, -0.1) is 0 Å². The van der Waals surface area contributed by atoms with Crippen LogP contribution in [-0.4, -0.2) is 70.1 Å². The minimum Gasteiger partial charge on any atom is -0.350 e. The summed E-state index contributed by atoms with van der Waals surface area (Å²) in [6, 6.07) is 7.67. The SMILES string of the molecule is CC(=O)N1CCN(c2nc(-c3cccc4c3ccn4S(=O)(=O)C3(C)C=CC=C(C)C3)nc3c2CNCC3)[C@H](C)C1. The molecule has 0 radical (unpaired) electrons. The van der Waals surface area contributed by atoms with E-state index in [1.165, 1.54) is 3.97 Å². The van der Waals surface area contributed by atoms with Crippen molar-refractivity contribution < 1.29 is 13.2 Å². The van der Waals surface area contributed by atoms with E-state index < -0.39 is 14.8 Å². The Balaban J connectivity index is 1.45. The third-order valence-electron chi connectivity index (χ3n) is 8.50. The van der Waals surface area contributed by atoms with Gasteiger partial charge in [-0.3, -0.25) is 4.79 Å². The quantitative estimate of drug-likeness (QED) is 0.520. The molecule has 40 heavy (non-hydrogen) atoms. The van der Waals surface area contributed by atoms with Gasteiger partial charge in [-0.25, -0.2) is 22.4 Å². The van der Waals surface area contributed by atoms with Gasteiger partial charge in [0.25, 0.3) is 0 Å². The number of nitrogens with one attached hydrogen (secondary N) is 1. The van der Waals surface area contributed by atoms with Crippen LogP contribution in [0.15, 0.2) is 54.3 Å². The smallest absolute Gasteiger partial charge is 0.248 e. The second-order valence-electron chi connectivity index (χ2n) is 11.4. The molecule has 1 saturated heterocycles. The molecular weight excluding hydrogens is 524 g/mol. The highest BCUT2D eigenvalue weighted by molar-refractivity contribution is 7.91. The number of rotatable bonds is 4. The predicted octanol–water partition coefficient (Wildman–Crippen LogP) is 3.64. The number of aromatic nitrogens is 3. The highest BCUT2D eigenvalue weighted by atomic mass is 32.2. The number of amides is 1. The van der Waals surface area contributed by atoms with E-state index in [0.717, 1.165) is 46.6 Å². The molecule has 0 saturated carbocycles. The van der Waals surface area contributed by atoms with Crippen LogP contribution in [0.25, 0.3) is 22.3 Å². The van der Waals surface area contributed by atoms with Gasteiger partial charge in [0.1, 0.15) is 10.6 Å². The maximum absolute atomic E-state index is 14.0. The fourth-order valence-corrected chi connectivity index (χ4v) is 8.03. The highest BCUT2D eigenvalue weighted by Gasteiger charge is 2.40. The van der Waals surface area contributed by atoms with Crippen LogP contribution in [0.5, 0.6) is 0 Å². The van der Waals surface area contributed by atoms with Gasteiger partial charge in [0.05, 0.1) is 11.2 Å². The molecule has 1 aromatic carbocycles. The average molecular weight is 561 g/mol. The molecular formula is C30H36N6O3S. The zero-order valence-corrected chi connectivity index (χ0v) is 24.3. The molecule has 4 heterocycles. The molecule has 3 aliphatic rings. The molecule has 1 amide bonds. The van der Waals surface area contributed by atoms with Crippen molar-refractivity contribution in [2.45, 2.75) is 57.9 Å². The molecule has 210 valence electrons. The first-order valence-corrected chi connectivity index (χ1v) is 15.4. The summed E-state index contributed by atoms with van der Waals surface area (Å²) < 4.78 is 28.3. The van der Waals surface area contributed by atoms with Crippen LogP contribution in [0.3, 0.4) is 0 Å². The molecule has 2 aliphatic heterocycles. The first kappa shape index (κ1) is 26.7. The number of anilines is 1. The normalized spacial score (nSPS) is 23.3. The van der Waals surface area contributed by atoms with Crippen LogP contribution >= 0.6 is 0 Å². The third-order valence-corrected chi connectivity index (χ3v) is 10.8. The van der Waals surface area contributed by atoms with Gasteiger partial charge < -0.3 is 15.1 Å². The van der Waals surface area contributed by atoms with Gasteiger partial charge in [-0.05, 0) is 39.3 Å². The number of fused-ring (bicyclic) bond motifs is 2. The number of nitrogens with zero attached hydrogens (tertiary/aromatic N) is 5. The van der Waals surface area contributed by atoms with Crippen LogP contribution in [0.1, 0.15) is 45.4 Å². The standard InChI is InChI=1S/C30H36N6O3S/c1-20-7-6-12-30(4,17-20)40(38,39)36-14-11-23-24(8-5-9-27(23)36)28-32-26-10-13-31-18-25(26)29(33-28)35-16-15-34(22(3)37)19-21(35)2/h5-9,11-12,14,21,31H,10,13,15-19H2,1-4H3/t21-,30?/m1/s1. The fourth-order valence-electron chi connectivity index (χ4n) is 6.28. The van der Waals surface area contributed by atoms with Crippen molar-refractivity contribution in [2.24, 2.45) is 0 Å². The highest BCUT2D eigenvalue weighted by Crippen LogP contribution is 2.37. The molecule has 1 fully saturated rings. The second kappa shape index (κ2) is 9.85.